The number of hydrogen-bond donors (Lipinski definition) is 2. The Balaban J connectivity index is 1.77. The van der Waals surface area contributed by atoms with Crippen LogP contribution in [-0.2, 0) is 11.3 Å². The lowest BCUT2D eigenvalue weighted by molar-refractivity contribution is 0.0143. The summed E-state index contributed by atoms with van der Waals surface area (Å²) in [7, 11) is 0. The molecule has 2 rings (SSSR count). The summed E-state index contributed by atoms with van der Waals surface area (Å²) in [6.07, 6.45) is 6.87. The van der Waals surface area contributed by atoms with Gasteiger partial charge in [-0.1, -0.05) is 13.8 Å². The fourth-order valence-corrected chi connectivity index (χ4v) is 3.33. The topological polar surface area (TPSA) is 79.6 Å². The molecule has 1 aliphatic rings. The van der Waals surface area contributed by atoms with E-state index in [9.17, 15) is 0 Å². The number of morpholine rings is 1. The first kappa shape index (κ1) is 21.6. The van der Waals surface area contributed by atoms with Gasteiger partial charge < -0.3 is 19.9 Å². The number of rotatable bonds is 11. The maximum atomic E-state index is 5.51. The molecule has 1 fully saturated rings. The number of aromatic nitrogens is 3. The second-order valence-electron chi connectivity index (χ2n) is 7.48. The van der Waals surface area contributed by atoms with Gasteiger partial charge in [0.2, 0.25) is 0 Å². The molecule has 2 N–H and O–H groups in total. The third-order valence-corrected chi connectivity index (χ3v) is 4.71. The summed E-state index contributed by atoms with van der Waals surface area (Å²) >= 11 is 0. The normalized spacial score (nSPS) is 17.3. The lowest BCUT2D eigenvalue weighted by atomic mass is 10.0. The highest BCUT2D eigenvalue weighted by atomic mass is 16.5. The standard InChI is InChI=1S/C19H37N7O/c1-4-20-19(21-7-5-6-8-25-15-23-24-16-25)22-14-18(13-17(2)3)26-9-11-27-12-10-26/h15-18H,4-14H2,1-3H3,(H2,20,21,22). The summed E-state index contributed by atoms with van der Waals surface area (Å²) in [5.74, 6) is 1.59. The van der Waals surface area contributed by atoms with E-state index in [4.69, 9.17) is 9.73 Å². The molecule has 154 valence electrons. The number of aliphatic imine (C=N–C) groups is 1. The SMILES string of the molecule is CCNC(=NCC(CC(C)C)N1CCOCC1)NCCCCn1cnnc1. The number of nitrogens with zero attached hydrogens (tertiary/aromatic N) is 5. The molecule has 0 aliphatic carbocycles. The molecule has 0 saturated carbocycles. The van der Waals surface area contributed by atoms with Gasteiger partial charge in [0, 0.05) is 38.8 Å². The summed E-state index contributed by atoms with van der Waals surface area (Å²) in [6, 6.07) is 0.484. The van der Waals surface area contributed by atoms with Gasteiger partial charge in [-0.2, -0.15) is 0 Å². The van der Waals surface area contributed by atoms with Crippen LogP contribution in [0.4, 0.5) is 0 Å². The maximum absolute atomic E-state index is 5.51. The molecule has 0 aromatic carbocycles. The van der Waals surface area contributed by atoms with Crippen molar-refractivity contribution in [1.82, 2.24) is 30.3 Å². The first-order valence-electron chi connectivity index (χ1n) is 10.4. The van der Waals surface area contributed by atoms with Crippen LogP contribution in [0.25, 0.3) is 0 Å². The summed E-state index contributed by atoms with van der Waals surface area (Å²) in [5.41, 5.74) is 0. The molecule has 2 heterocycles. The number of ether oxygens (including phenoxy) is 1. The van der Waals surface area contributed by atoms with Crippen molar-refractivity contribution in [3.8, 4) is 0 Å². The summed E-state index contributed by atoms with van der Waals surface area (Å²) in [5, 5.41) is 14.5. The van der Waals surface area contributed by atoms with Gasteiger partial charge in [-0.15, -0.1) is 10.2 Å². The Morgan fingerprint density at radius 1 is 1.15 bits per heavy atom. The average Bonchev–Trinajstić information content (AvgIpc) is 3.18. The van der Waals surface area contributed by atoms with Gasteiger partial charge in [0.05, 0.1) is 19.8 Å². The average molecular weight is 380 g/mol. The predicted octanol–water partition coefficient (Wildman–Crippen LogP) is 1.36. The molecule has 1 unspecified atom stereocenters. The molecule has 1 aliphatic heterocycles. The highest BCUT2D eigenvalue weighted by Gasteiger charge is 2.21. The Bertz CT molecular complexity index is 512. The Hall–Kier alpha value is -1.67. The van der Waals surface area contributed by atoms with Crippen LogP contribution in [0.2, 0.25) is 0 Å². The van der Waals surface area contributed by atoms with Crippen molar-refractivity contribution in [3.05, 3.63) is 12.7 Å². The number of unbranched alkanes of at least 4 members (excludes halogenated alkanes) is 1. The van der Waals surface area contributed by atoms with Gasteiger partial charge in [-0.05, 0) is 32.1 Å². The van der Waals surface area contributed by atoms with Crippen molar-refractivity contribution < 1.29 is 4.74 Å². The molecule has 8 nitrogen and oxygen atoms in total. The van der Waals surface area contributed by atoms with Gasteiger partial charge in [0.25, 0.3) is 0 Å². The zero-order valence-electron chi connectivity index (χ0n) is 17.2. The Morgan fingerprint density at radius 3 is 2.56 bits per heavy atom. The molecule has 0 bridgehead atoms. The van der Waals surface area contributed by atoms with Gasteiger partial charge in [-0.3, -0.25) is 9.89 Å². The van der Waals surface area contributed by atoms with Crippen LogP contribution in [-0.4, -0.2) is 77.6 Å². The predicted molar refractivity (Wildman–Crippen MR) is 109 cm³/mol. The number of hydrogen-bond acceptors (Lipinski definition) is 5. The molecule has 0 spiro atoms. The van der Waals surface area contributed by atoms with Crippen LogP contribution in [0.5, 0.6) is 0 Å². The molecule has 27 heavy (non-hydrogen) atoms. The van der Waals surface area contributed by atoms with Crippen molar-refractivity contribution in [3.63, 3.8) is 0 Å². The van der Waals surface area contributed by atoms with Crippen molar-refractivity contribution in [2.75, 3.05) is 45.9 Å². The molecule has 1 saturated heterocycles. The zero-order chi connectivity index (χ0) is 19.3. The van der Waals surface area contributed by atoms with Crippen molar-refractivity contribution >= 4 is 5.96 Å². The lowest BCUT2D eigenvalue weighted by Crippen LogP contribution is -2.46. The van der Waals surface area contributed by atoms with Gasteiger partial charge in [-0.25, -0.2) is 0 Å². The molecular formula is C19H37N7O. The Kier molecular flexibility index (Phi) is 10.1. The fourth-order valence-electron chi connectivity index (χ4n) is 3.33. The van der Waals surface area contributed by atoms with E-state index in [0.29, 0.717) is 12.0 Å². The maximum Gasteiger partial charge on any atom is 0.191 e. The molecule has 1 aromatic rings. The summed E-state index contributed by atoms with van der Waals surface area (Å²) in [6.45, 7) is 14.0. The van der Waals surface area contributed by atoms with E-state index in [1.165, 1.54) is 6.42 Å². The van der Waals surface area contributed by atoms with Gasteiger partial charge >= 0.3 is 0 Å². The molecule has 0 amide bonds. The number of aryl methyl sites for hydroxylation is 1. The molecular weight excluding hydrogens is 342 g/mol. The second-order valence-corrected chi connectivity index (χ2v) is 7.48. The molecule has 1 atom stereocenters. The first-order valence-corrected chi connectivity index (χ1v) is 10.4. The van der Waals surface area contributed by atoms with Crippen LogP contribution in [0.1, 0.15) is 40.0 Å². The third-order valence-electron chi connectivity index (χ3n) is 4.71. The highest BCUT2D eigenvalue weighted by molar-refractivity contribution is 5.79. The zero-order valence-corrected chi connectivity index (χ0v) is 17.2. The quantitative estimate of drug-likeness (QED) is 0.343. The van der Waals surface area contributed by atoms with Gasteiger partial charge in [0.15, 0.2) is 5.96 Å². The first-order chi connectivity index (χ1) is 13.2. The van der Waals surface area contributed by atoms with E-state index in [0.717, 1.165) is 71.3 Å². The van der Waals surface area contributed by atoms with E-state index in [1.807, 2.05) is 4.57 Å². The Morgan fingerprint density at radius 2 is 1.89 bits per heavy atom. The van der Waals surface area contributed by atoms with E-state index in [2.05, 4.69) is 46.5 Å². The van der Waals surface area contributed by atoms with Crippen LogP contribution in [0.3, 0.4) is 0 Å². The number of guanidine groups is 1. The van der Waals surface area contributed by atoms with E-state index in [-0.39, 0.29) is 0 Å². The largest absolute Gasteiger partial charge is 0.379 e. The summed E-state index contributed by atoms with van der Waals surface area (Å²) in [4.78, 5) is 7.41. The van der Waals surface area contributed by atoms with Crippen LogP contribution in [0, 0.1) is 5.92 Å². The minimum atomic E-state index is 0.484. The van der Waals surface area contributed by atoms with Crippen molar-refractivity contribution in [1.29, 1.82) is 0 Å². The van der Waals surface area contributed by atoms with Crippen LogP contribution in [0.15, 0.2) is 17.6 Å². The second kappa shape index (κ2) is 12.7. The van der Waals surface area contributed by atoms with E-state index >= 15 is 0 Å². The fraction of sp³-hybridized carbons (Fsp3) is 0.842. The van der Waals surface area contributed by atoms with E-state index < -0.39 is 0 Å². The number of nitrogens with one attached hydrogen (secondary N) is 2. The highest BCUT2D eigenvalue weighted by Crippen LogP contribution is 2.14. The van der Waals surface area contributed by atoms with Gasteiger partial charge in [0.1, 0.15) is 12.7 Å². The van der Waals surface area contributed by atoms with E-state index in [1.54, 1.807) is 12.7 Å². The smallest absolute Gasteiger partial charge is 0.191 e. The minimum absolute atomic E-state index is 0.484. The third kappa shape index (κ3) is 8.71. The molecule has 1 aromatic heterocycles. The van der Waals surface area contributed by atoms with Crippen molar-refractivity contribution in [2.45, 2.75) is 52.6 Å². The summed E-state index contributed by atoms with van der Waals surface area (Å²) < 4.78 is 7.52. The van der Waals surface area contributed by atoms with Crippen molar-refractivity contribution in [2.24, 2.45) is 10.9 Å². The minimum Gasteiger partial charge on any atom is -0.379 e. The van der Waals surface area contributed by atoms with Crippen LogP contribution >= 0.6 is 0 Å². The monoisotopic (exact) mass is 379 g/mol. The lowest BCUT2D eigenvalue weighted by Gasteiger charge is -2.34. The van der Waals surface area contributed by atoms with Crippen LogP contribution < -0.4 is 10.6 Å². The Labute approximate surface area is 163 Å². The molecule has 8 heteroatoms. The molecule has 0 radical (unpaired) electrons.